The standard InChI is InChI=1S/C23H38N4O2.HI/c1-4-24-23(25-14-19(2)27-12-13-28-16-20(27)3)26-11-10-22(15-26)18-29-17-21-8-6-5-7-9-21;/h5-9,19-20,22H,4,10-18H2,1-3H3,(H,24,25);1H. The molecule has 3 rings (SSSR count). The van der Waals surface area contributed by atoms with Gasteiger partial charge in [-0.1, -0.05) is 30.3 Å². The summed E-state index contributed by atoms with van der Waals surface area (Å²) in [6.07, 6.45) is 1.16. The predicted molar refractivity (Wildman–Crippen MR) is 134 cm³/mol. The highest BCUT2D eigenvalue weighted by molar-refractivity contribution is 14.0. The third kappa shape index (κ3) is 7.66. The van der Waals surface area contributed by atoms with Gasteiger partial charge in [-0.15, -0.1) is 24.0 Å². The van der Waals surface area contributed by atoms with Crippen LogP contribution in [-0.2, 0) is 16.1 Å². The molecule has 3 atom stereocenters. The highest BCUT2D eigenvalue weighted by atomic mass is 127. The number of rotatable bonds is 8. The molecule has 1 aromatic rings. The van der Waals surface area contributed by atoms with Crippen LogP contribution in [0.15, 0.2) is 35.3 Å². The van der Waals surface area contributed by atoms with Crippen molar-refractivity contribution in [3.63, 3.8) is 0 Å². The molecule has 2 aliphatic rings. The van der Waals surface area contributed by atoms with Crippen molar-refractivity contribution in [2.45, 2.75) is 45.9 Å². The van der Waals surface area contributed by atoms with Crippen LogP contribution >= 0.6 is 24.0 Å². The van der Waals surface area contributed by atoms with Gasteiger partial charge in [0.2, 0.25) is 0 Å². The van der Waals surface area contributed by atoms with Crippen molar-refractivity contribution in [3.8, 4) is 0 Å². The van der Waals surface area contributed by atoms with Gasteiger partial charge in [-0.3, -0.25) is 9.89 Å². The van der Waals surface area contributed by atoms with Crippen molar-refractivity contribution in [1.29, 1.82) is 0 Å². The van der Waals surface area contributed by atoms with Gasteiger partial charge in [0, 0.05) is 44.2 Å². The Morgan fingerprint density at radius 2 is 2.10 bits per heavy atom. The molecule has 0 saturated carbocycles. The molecule has 7 heteroatoms. The number of likely N-dealkylation sites (tertiary alicyclic amines) is 1. The molecule has 2 aliphatic heterocycles. The van der Waals surface area contributed by atoms with Crippen LogP contribution in [0.3, 0.4) is 0 Å². The minimum absolute atomic E-state index is 0. The van der Waals surface area contributed by atoms with E-state index in [1.165, 1.54) is 5.56 Å². The van der Waals surface area contributed by atoms with E-state index in [9.17, 15) is 0 Å². The lowest BCUT2D eigenvalue weighted by Crippen LogP contribution is -2.49. The summed E-state index contributed by atoms with van der Waals surface area (Å²) in [5.74, 6) is 1.62. The van der Waals surface area contributed by atoms with E-state index in [0.717, 1.165) is 64.9 Å². The third-order valence-corrected chi connectivity index (χ3v) is 5.88. The van der Waals surface area contributed by atoms with Crippen LogP contribution < -0.4 is 5.32 Å². The summed E-state index contributed by atoms with van der Waals surface area (Å²) in [5, 5.41) is 3.49. The number of hydrogen-bond donors (Lipinski definition) is 1. The fourth-order valence-electron chi connectivity index (χ4n) is 4.22. The second-order valence-electron chi connectivity index (χ2n) is 8.31. The Morgan fingerprint density at radius 3 is 2.83 bits per heavy atom. The van der Waals surface area contributed by atoms with Crippen LogP contribution in [0.25, 0.3) is 0 Å². The number of benzene rings is 1. The molecule has 0 radical (unpaired) electrons. The number of halogens is 1. The van der Waals surface area contributed by atoms with Gasteiger partial charge >= 0.3 is 0 Å². The maximum Gasteiger partial charge on any atom is 0.193 e. The molecule has 30 heavy (non-hydrogen) atoms. The number of ether oxygens (including phenoxy) is 2. The molecule has 0 bridgehead atoms. The molecular weight excluding hydrogens is 491 g/mol. The van der Waals surface area contributed by atoms with E-state index in [1.807, 2.05) is 6.07 Å². The summed E-state index contributed by atoms with van der Waals surface area (Å²) >= 11 is 0. The van der Waals surface area contributed by atoms with Crippen LogP contribution in [0.2, 0.25) is 0 Å². The van der Waals surface area contributed by atoms with Crippen molar-refractivity contribution in [1.82, 2.24) is 15.1 Å². The van der Waals surface area contributed by atoms with Gasteiger partial charge in [-0.25, -0.2) is 0 Å². The number of hydrogen-bond acceptors (Lipinski definition) is 4. The summed E-state index contributed by atoms with van der Waals surface area (Å²) in [6.45, 7) is 14.6. The Balaban J connectivity index is 0.00000320. The first-order valence-electron chi connectivity index (χ1n) is 11.2. The predicted octanol–water partition coefficient (Wildman–Crippen LogP) is 3.22. The molecule has 1 aromatic carbocycles. The lowest BCUT2D eigenvalue weighted by atomic mass is 10.1. The number of morpholine rings is 1. The number of aliphatic imine (C=N–C) groups is 1. The molecule has 1 N–H and O–H groups in total. The van der Waals surface area contributed by atoms with Crippen molar-refractivity contribution >= 4 is 29.9 Å². The van der Waals surface area contributed by atoms with E-state index >= 15 is 0 Å². The molecule has 2 fully saturated rings. The topological polar surface area (TPSA) is 49.3 Å². The van der Waals surface area contributed by atoms with Crippen molar-refractivity contribution in [3.05, 3.63) is 35.9 Å². The molecule has 0 amide bonds. The number of guanidine groups is 1. The van der Waals surface area contributed by atoms with E-state index in [2.05, 4.69) is 60.2 Å². The van der Waals surface area contributed by atoms with Crippen LogP contribution in [0.1, 0.15) is 32.8 Å². The Hall–Kier alpha value is -0.900. The Morgan fingerprint density at radius 1 is 1.30 bits per heavy atom. The van der Waals surface area contributed by atoms with E-state index < -0.39 is 0 Å². The van der Waals surface area contributed by atoms with E-state index in [1.54, 1.807) is 0 Å². The van der Waals surface area contributed by atoms with Gasteiger partial charge < -0.3 is 19.7 Å². The first-order valence-corrected chi connectivity index (χ1v) is 11.2. The molecule has 0 aromatic heterocycles. The Labute approximate surface area is 199 Å². The monoisotopic (exact) mass is 530 g/mol. The summed E-state index contributed by atoms with van der Waals surface area (Å²) in [4.78, 5) is 9.89. The summed E-state index contributed by atoms with van der Waals surface area (Å²) in [6, 6.07) is 11.3. The molecule has 2 saturated heterocycles. The Kier molecular flexibility index (Phi) is 11.4. The first kappa shape index (κ1) is 25.4. The first-order chi connectivity index (χ1) is 14.2. The third-order valence-electron chi connectivity index (χ3n) is 5.88. The fraction of sp³-hybridized carbons (Fsp3) is 0.696. The zero-order valence-corrected chi connectivity index (χ0v) is 21.1. The molecule has 0 spiro atoms. The maximum atomic E-state index is 5.98. The van der Waals surface area contributed by atoms with Crippen molar-refractivity contribution in [2.24, 2.45) is 10.9 Å². The normalized spacial score (nSPS) is 23.8. The van der Waals surface area contributed by atoms with Crippen LogP contribution in [-0.4, -0.2) is 80.4 Å². The highest BCUT2D eigenvalue weighted by Crippen LogP contribution is 2.18. The summed E-state index contributed by atoms with van der Waals surface area (Å²) in [7, 11) is 0. The SMILES string of the molecule is CCNC(=NCC(C)N1CCOCC1C)N1CCC(COCc2ccccc2)C1.I. The van der Waals surface area contributed by atoms with Crippen molar-refractivity contribution in [2.75, 3.05) is 52.5 Å². The zero-order valence-electron chi connectivity index (χ0n) is 18.8. The largest absolute Gasteiger partial charge is 0.379 e. The van der Waals surface area contributed by atoms with Gasteiger partial charge in [0.25, 0.3) is 0 Å². The van der Waals surface area contributed by atoms with Crippen LogP contribution in [0, 0.1) is 5.92 Å². The minimum Gasteiger partial charge on any atom is -0.379 e. The lowest BCUT2D eigenvalue weighted by Gasteiger charge is -2.37. The smallest absolute Gasteiger partial charge is 0.193 e. The van der Waals surface area contributed by atoms with Gasteiger partial charge in [0.1, 0.15) is 0 Å². The quantitative estimate of drug-likeness (QED) is 0.318. The minimum atomic E-state index is 0. The van der Waals surface area contributed by atoms with Crippen molar-refractivity contribution < 1.29 is 9.47 Å². The van der Waals surface area contributed by atoms with Gasteiger partial charge in [0.15, 0.2) is 5.96 Å². The van der Waals surface area contributed by atoms with Gasteiger partial charge in [0.05, 0.1) is 33.0 Å². The molecular formula is C23H39IN4O2. The maximum absolute atomic E-state index is 5.98. The Bertz CT molecular complexity index is 631. The van der Waals surface area contributed by atoms with Gasteiger partial charge in [-0.05, 0) is 32.8 Å². The average Bonchev–Trinajstić information content (AvgIpc) is 3.21. The second kappa shape index (κ2) is 13.5. The number of nitrogens with one attached hydrogen (secondary N) is 1. The van der Waals surface area contributed by atoms with Crippen LogP contribution in [0.5, 0.6) is 0 Å². The summed E-state index contributed by atoms with van der Waals surface area (Å²) < 4.78 is 11.5. The lowest BCUT2D eigenvalue weighted by molar-refractivity contribution is -0.0166. The molecule has 6 nitrogen and oxygen atoms in total. The van der Waals surface area contributed by atoms with Gasteiger partial charge in [-0.2, -0.15) is 0 Å². The summed E-state index contributed by atoms with van der Waals surface area (Å²) in [5.41, 5.74) is 1.24. The van der Waals surface area contributed by atoms with E-state index in [-0.39, 0.29) is 24.0 Å². The second-order valence-corrected chi connectivity index (χ2v) is 8.31. The highest BCUT2D eigenvalue weighted by Gasteiger charge is 2.26. The number of nitrogens with zero attached hydrogens (tertiary/aromatic N) is 3. The fourth-order valence-corrected chi connectivity index (χ4v) is 4.22. The molecule has 0 aliphatic carbocycles. The van der Waals surface area contributed by atoms with E-state index in [0.29, 0.717) is 24.6 Å². The zero-order chi connectivity index (χ0) is 20.5. The van der Waals surface area contributed by atoms with E-state index in [4.69, 9.17) is 14.5 Å². The average molecular weight is 530 g/mol. The molecule has 2 heterocycles. The molecule has 3 unspecified atom stereocenters. The van der Waals surface area contributed by atoms with Crippen LogP contribution in [0.4, 0.5) is 0 Å². The molecule has 170 valence electrons.